The molecular formula is C12H10BClF7N. The molecule has 1 aromatic heterocycles. The van der Waals surface area contributed by atoms with Gasteiger partial charge in [-0.1, -0.05) is 11.6 Å². The number of fused-ring (bicyclic) bond motifs is 1. The Balaban J connectivity index is 0.000000422. The van der Waals surface area contributed by atoms with Gasteiger partial charge in [-0.15, -0.1) is 0 Å². The fourth-order valence-electron chi connectivity index (χ4n) is 1.75. The maximum atomic E-state index is 12.6. The van der Waals surface area contributed by atoms with Crippen molar-refractivity contribution in [1.29, 1.82) is 0 Å². The van der Waals surface area contributed by atoms with Crippen LogP contribution in [0.4, 0.5) is 30.4 Å². The molecule has 1 heterocycles. The molecule has 10 heteroatoms. The largest absolute Gasteiger partial charge is 0.673 e. The molecule has 2 rings (SSSR count). The third-order valence-electron chi connectivity index (χ3n) is 2.63. The van der Waals surface area contributed by atoms with Crippen molar-refractivity contribution in [2.75, 3.05) is 0 Å². The Bertz CT molecular complexity index is 648. The topological polar surface area (TPSA) is 3.88 Å². The summed E-state index contributed by atoms with van der Waals surface area (Å²) in [6, 6.07) is 5.27. The molecule has 1 nitrogen and oxygen atoms in total. The van der Waals surface area contributed by atoms with Crippen LogP contribution >= 0.6 is 11.6 Å². The maximum Gasteiger partial charge on any atom is 0.673 e. The molecule has 0 atom stereocenters. The van der Waals surface area contributed by atoms with Crippen molar-refractivity contribution in [1.82, 2.24) is 0 Å². The van der Waals surface area contributed by atoms with Crippen molar-refractivity contribution in [3.8, 4) is 0 Å². The molecule has 1 aromatic carbocycles. The van der Waals surface area contributed by atoms with E-state index in [1.54, 1.807) is 16.8 Å². The van der Waals surface area contributed by atoms with E-state index in [0.717, 1.165) is 12.1 Å². The molecule has 0 N–H and O–H groups in total. The van der Waals surface area contributed by atoms with Crippen molar-refractivity contribution >= 4 is 29.8 Å². The zero-order valence-electron chi connectivity index (χ0n) is 11.1. The SMILES string of the molecule is CC[n+]1ccc(Cl)c2ccc(C(F)(F)F)cc21.F[B-](F)(F)F. The molecule has 0 radical (unpaired) electrons. The van der Waals surface area contributed by atoms with Crippen LogP contribution in [0.15, 0.2) is 30.5 Å². The predicted octanol–water partition coefficient (Wildman–Crippen LogP) is 5.12. The number of hydrogen-bond acceptors (Lipinski definition) is 0. The maximum absolute atomic E-state index is 12.6. The smallest absolute Gasteiger partial charge is 0.418 e. The lowest BCUT2D eigenvalue weighted by atomic mass is 10.1. The average Bonchev–Trinajstić information content (AvgIpc) is 2.36. The van der Waals surface area contributed by atoms with Crippen molar-refractivity contribution in [3.63, 3.8) is 0 Å². The highest BCUT2D eigenvalue weighted by atomic mass is 35.5. The van der Waals surface area contributed by atoms with Crippen LogP contribution in [-0.2, 0) is 12.7 Å². The van der Waals surface area contributed by atoms with Crippen LogP contribution in [0.5, 0.6) is 0 Å². The highest BCUT2D eigenvalue weighted by Gasteiger charge is 2.31. The number of aryl methyl sites for hydroxylation is 1. The van der Waals surface area contributed by atoms with Gasteiger partial charge < -0.3 is 17.3 Å². The third kappa shape index (κ3) is 5.36. The average molecular weight is 347 g/mol. The summed E-state index contributed by atoms with van der Waals surface area (Å²) in [5.41, 5.74) is -0.163. The fourth-order valence-corrected chi connectivity index (χ4v) is 1.96. The van der Waals surface area contributed by atoms with Crippen molar-refractivity contribution < 1.29 is 35.0 Å². The lowest BCUT2D eigenvalue weighted by Crippen LogP contribution is -2.32. The van der Waals surface area contributed by atoms with Gasteiger partial charge in [0, 0.05) is 12.1 Å². The number of alkyl halides is 3. The van der Waals surface area contributed by atoms with E-state index < -0.39 is 19.0 Å². The van der Waals surface area contributed by atoms with Gasteiger partial charge in [0.25, 0.3) is 0 Å². The molecule has 0 saturated carbocycles. The second kappa shape index (κ2) is 6.72. The number of halogens is 8. The predicted molar refractivity (Wildman–Crippen MR) is 70.0 cm³/mol. The van der Waals surface area contributed by atoms with Crippen molar-refractivity contribution in [2.45, 2.75) is 19.6 Å². The van der Waals surface area contributed by atoms with E-state index in [4.69, 9.17) is 11.6 Å². The number of hydrogen-bond donors (Lipinski definition) is 0. The third-order valence-corrected chi connectivity index (χ3v) is 2.96. The summed E-state index contributed by atoms with van der Waals surface area (Å²) in [5.74, 6) is 0. The standard InChI is InChI=1S/C12H10ClF3N.BF4/c1-2-17-6-5-10(13)9-4-3-8(7-11(9)17)12(14,15)16;2-1(3,4)5/h3-7H,2H2,1H3;/q+1;-1. The number of pyridine rings is 1. The lowest BCUT2D eigenvalue weighted by Gasteiger charge is -2.07. The normalized spacial score (nSPS) is 12.0. The summed E-state index contributed by atoms with van der Waals surface area (Å²) in [6.07, 6.45) is -2.65. The first kappa shape index (κ1) is 18.5. The Morgan fingerprint density at radius 3 is 2.09 bits per heavy atom. The first-order valence-corrected chi connectivity index (χ1v) is 6.37. The van der Waals surface area contributed by atoms with E-state index in [2.05, 4.69) is 0 Å². The van der Waals surface area contributed by atoms with Crippen LogP contribution in [0, 0.1) is 0 Å². The van der Waals surface area contributed by atoms with Gasteiger partial charge in [-0.3, -0.25) is 0 Å². The zero-order valence-corrected chi connectivity index (χ0v) is 11.9. The monoisotopic (exact) mass is 347 g/mol. The molecule has 0 spiro atoms. The van der Waals surface area contributed by atoms with E-state index in [1.165, 1.54) is 6.07 Å². The molecule has 0 bridgehead atoms. The zero-order chi connectivity index (χ0) is 17.1. The number of aromatic nitrogens is 1. The van der Waals surface area contributed by atoms with Crippen LogP contribution in [0.25, 0.3) is 10.9 Å². The number of nitrogens with zero attached hydrogens (tertiary/aromatic N) is 1. The molecule has 22 heavy (non-hydrogen) atoms. The minimum absolute atomic E-state index is 0.457. The van der Waals surface area contributed by atoms with Crippen LogP contribution in [-0.4, -0.2) is 7.25 Å². The highest BCUT2D eigenvalue weighted by molar-refractivity contribution is 6.50. The highest BCUT2D eigenvalue weighted by Crippen LogP contribution is 2.32. The van der Waals surface area contributed by atoms with E-state index >= 15 is 0 Å². The van der Waals surface area contributed by atoms with Gasteiger partial charge in [-0.05, 0) is 19.1 Å². The van der Waals surface area contributed by atoms with Crippen LogP contribution in [0.3, 0.4) is 0 Å². The fraction of sp³-hybridized carbons (Fsp3) is 0.250. The summed E-state index contributed by atoms with van der Waals surface area (Å²) in [7, 11) is -6.00. The first-order chi connectivity index (χ1) is 9.93. The van der Waals surface area contributed by atoms with E-state index in [0.29, 0.717) is 22.5 Å². The van der Waals surface area contributed by atoms with Gasteiger partial charge in [0.1, 0.15) is 6.54 Å². The van der Waals surface area contributed by atoms with Crippen LogP contribution < -0.4 is 4.57 Å². The van der Waals surface area contributed by atoms with Gasteiger partial charge in [0.05, 0.1) is 16.0 Å². The number of rotatable bonds is 1. The molecule has 2 aromatic rings. The van der Waals surface area contributed by atoms with Crippen LogP contribution in [0.2, 0.25) is 5.02 Å². The summed E-state index contributed by atoms with van der Waals surface area (Å²) < 4.78 is 78.6. The van der Waals surface area contributed by atoms with Gasteiger partial charge >= 0.3 is 13.4 Å². The van der Waals surface area contributed by atoms with Crippen molar-refractivity contribution in [3.05, 3.63) is 41.0 Å². The molecule has 0 fully saturated rings. The second-order valence-corrected chi connectivity index (χ2v) is 4.58. The summed E-state index contributed by atoms with van der Waals surface area (Å²) >= 11 is 5.96. The molecule has 0 unspecified atom stereocenters. The lowest BCUT2D eigenvalue weighted by molar-refractivity contribution is -0.667. The molecule has 0 amide bonds. The first-order valence-electron chi connectivity index (χ1n) is 5.99. The second-order valence-electron chi connectivity index (χ2n) is 4.17. The van der Waals surface area contributed by atoms with Gasteiger partial charge in [0.15, 0.2) is 6.20 Å². The minimum Gasteiger partial charge on any atom is -0.418 e. The summed E-state index contributed by atoms with van der Waals surface area (Å²) in [5, 5.41) is 1.09. The van der Waals surface area contributed by atoms with Crippen molar-refractivity contribution in [2.24, 2.45) is 0 Å². The quantitative estimate of drug-likeness (QED) is 0.383. The molecule has 0 aliphatic rings. The Morgan fingerprint density at radius 1 is 1.09 bits per heavy atom. The van der Waals surface area contributed by atoms with E-state index in [9.17, 15) is 30.4 Å². The molecule has 0 aliphatic heterocycles. The van der Waals surface area contributed by atoms with Gasteiger partial charge in [-0.2, -0.15) is 17.7 Å². The Hall–Kier alpha value is -1.51. The van der Waals surface area contributed by atoms with Gasteiger partial charge in [-0.25, -0.2) is 0 Å². The Kier molecular flexibility index (Phi) is 5.67. The Labute approximate surface area is 126 Å². The van der Waals surface area contributed by atoms with E-state index in [1.807, 2.05) is 6.92 Å². The molecule has 0 saturated heterocycles. The summed E-state index contributed by atoms with van der Waals surface area (Å²) in [6.45, 7) is 2.46. The van der Waals surface area contributed by atoms with Crippen LogP contribution in [0.1, 0.15) is 12.5 Å². The molecule has 122 valence electrons. The summed E-state index contributed by atoms with van der Waals surface area (Å²) in [4.78, 5) is 0. The Morgan fingerprint density at radius 2 is 1.64 bits per heavy atom. The molecule has 0 aliphatic carbocycles. The molecular weight excluding hydrogens is 337 g/mol. The van der Waals surface area contributed by atoms with E-state index in [-0.39, 0.29) is 0 Å². The minimum atomic E-state index is -6.00. The van der Waals surface area contributed by atoms with Gasteiger partial charge in [0.2, 0.25) is 5.52 Å². The number of benzene rings is 1.